The summed E-state index contributed by atoms with van der Waals surface area (Å²) >= 11 is 0. The molecule has 1 aliphatic heterocycles. The molecule has 7 heteroatoms. The van der Waals surface area contributed by atoms with Crippen molar-refractivity contribution < 1.29 is 17.6 Å². The standard InChI is InChI=1S/C13H17FN2O3S/c1-2-20(18,19)10-3-4-12(14)11(9-10)13(17)16-7-5-15-6-8-16/h3-4,9,15H,2,5-8H2,1H3. The largest absolute Gasteiger partial charge is 0.336 e. The lowest BCUT2D eigenvalue weighted by atomic mass is 10.1. The third-order valence-corrected chi connectivity index (χ3v) is 5.04. The van der Waals surface area contributed by atoms with Crippen molar-refractivity contribution in [1.29, 1.82) is 0 Å². The molecule has 1 aromatic carbocycles. The predicted octanol–water partition coefficient (Wildman–Crippen LogP) is 0.665. The molecule has 5 nitrogen and oxygen atoms in total. The minimum atomic E-state index is -3.45. The van der Waals surface area contributed by atoms with Crippen LogP contribution in [0.3, 0.4) is 0 Å². The van der Waals surface area contributed by atoms with Gasteiger partial charge in [-0.1, -0.05) is 6.92 Å². The van der Waals surface area contributed by atoms with Crippen LogP contribution in [0.25, 0.3) is 0 Å². The van der Waals surface area contributed by atoms with Gasteiger partial charge in [-0.25, -0.2) is 12.8 Å². The highest BCUT2D eigenvalue weighted by Crippen LogP contribution is 2.18. The van der Waals surface area contributed by atoms with E-state index in [0.29, 0.717) is 26.2 Å². The van der Waals surface area contributed by atoms with Crippen LogP contribution in [0.2, 0.25) is 0 Å². The third-order valence-electron chi connectivity index (χ3n) is 3.31. The van der Waals surface area contributed by atoms with Crippen LogP contribution in [-0.4, -0.2) is 51.2 Å². The molecule has 110 valence electrons. The molecule has 1 N–H and O–H groups in total. The third kappa shape index (κ3) is 2.99. The fourth-order valence-electron chi connectivity index (χ4n) is 2.07. The van der Waals surface area contributed by atoms with Gasteiger partial charge in [-0.05, 0) is 18.2 Å². The molecule has 0 bridgehead atoms. The molecule has 20 heavy (non-hydrogen) atoms. The number of amides is 1. The van der Waals surface area contributed by atoms with Crippen molar-refractivity contribution >= 4 is 15.7 Å². The van der Waals surface area contributed by atoms with E-state index in [2.05, 4.69) is 5.32 Å². The lowest BCUT2D eigenvalue weighted by Crippen LogP contribution is -2.46. The molecule has 1 amide bonds. The Balaban J connectivity index is 2.35. The Morgan fingerprint density at radius 3 is 2.60 bits per heavy atom. The molecule has 2 rings (SSSR count). The topological polar surface area (TPSA) is 66.5 Å². The second-order valence-corrected chi connectivity index (χ2v) is 6.87. The molecule has 1 aliphatic rings. The van der Waals surface area contributed by atoms with Crippen LogP contribution >= 0.6 is 0 Å². The van der Waals surface area contributed by atoms with Crippen molar-refractivity contribution in [3.05, 3.63) is 29.6 Å². The van der Waals surface area contributed by atoms with E-state index in [4.69, 9.17) is 0 Å². The molecule has 1 fully saturated rings. The lowest BCUT2D eigenvalue weighted by Gasteiger charge is -2.27. The quantitative estimate of drug-likeness (QED) is 0.833. The molecule has 0 saturated carbocycles. The number of carbonyl (C=O) groups excluding carboxylic acids is 1. The summed E-state index contributed by atoms with van der Waals surface area (Å²) in [5, 5.41) is 3.10. The van der Waals surface area contributed by atoms with E-state index in [1.165, 1.54) is 17.9 Å². The van der Waals surface area contributed by atoms with E-state index in [0.717, 1.165) is 12.1 Å². The molecule has 0 spiro atoms. The summed E-state index contributed by atoms with van der Waals surface area (Å²) in [5.41, 5.74) is -0.179. The molecule has 0 atom stereocenters. The number of halogens is 1. The normalized spacial score (nSPS) is 16.2. The summed E-state index contributed by atoms with van der Waals surface area (Å²) < 4.78 is 37.4. The molecule has 1 saturated heterocycles. The highest BCUT2D eigenvalue weighted by Gasteiger charge is 2.23. The first-order valence-electron chi connectivity index (χ1n) is 6.48. The van der Waals surface area contributed by atoms with E-state index >= 15 is 0 Å². The first-order chi connectivity index (χ1) is 9.45. The van der Waals surface area contributed by atoms with Gasteiger partial charge in [0.15, 0.2) is 9.84 Å². The fraction of sp³-hybridized carbons (Fsp3) is 0.462. The number of nitrogens with one attached hydrogen (secondary N) is 1. The van der Waals surface area contributed by atoms with Crippen LogP contribution in [0, 0.1) is 5.82 Å². The van der Waals surface area contributed by atoms with Gasteiger partial charge in [0.1, 0.15) is 5.82 Å². The fourth-order valence-corrected chi connectivity index (χ4v) is 2.97. The average Bonchev–Trinajstić information content (AvgIpc) is 2.47. The first-order valence-corrected chi connectivity index (χ1v) is 8.13. The molecular formula is C13H17FN2O3S. The average molecular weight is 300 g/mol. The Labute approximate surface area is 117 Å². The number of carbonyl (C=O) groups is 1. The van der Waals surface area contributed by atoms with Gasteiger partial charge in [-0.3, -0.25) is 4.79 Å². The van der Waals surface area contributed by atoms with Crippen LogP contribution in [0.1, 0.15) is 17.3 Å². The number of piperazine rings is 1. The van der Waals surface area contributed by atoms with E-state index in [1.54, 1.807) is 0 Å². The van der Waals surface area contributed by atoms with Crippen LogP contribution in [0.5, 0.6) is 0 Å². The van der Waals surface area contributed by atoms with E-state index < -0.39 is 21.6 Å². The van der Waals surface area contributed by atoms with Gasteiger partial charge in [-0.2, -0.15) is 0 Å². The van der Waals surface area contributed by atoms with Gasteiger partial charge in [0.05, 0.1) is 16.2 Å². The summed E-state index contributed by atoms with van der Waals surface area (Å²) in [5.74, 6) is -1.24. The monoisotopic (exact) mass is 300 g/mol. The second-order valence-electron chi connectivity index (χ2n) is 4.59. The maximum Gasteiger partial charge on any atom is 0.256 e. The predicted molar refractivity (Wildman–Crippen MR) is 72.9 cm³/mol. The number of benzene rings is 1. The molecule has 0 aliphatic carbocycles. The van der Waals surface area contributed by atoms with Crippen molar-refractivity contribution in [2.75, 3.05) is 31.9 Å². The summed E-state index contributed by atoms with van der Waals surface area (Å²) in [4.78, 5) is 13.8. The highest BCUT2D eigenvalue weighted by atomic mass is 32.2. The van der Waals surface area contributed by atoms with Gasteiger partial charge in [0, 0.05) is 26.2 Å². The van der Waals surface area contributed by atoms with Crippen molar-refractivity contribution in [3.63, 3.8) is 0 Å². The number of rotatable bonds is 3. The van der Waals surface area contributed by atoms with Crippen molar-refractivity contribution in [2.45, 2.75) is 11.8 Å². The van der Waals surface area contributed by atoms with Crippen molar-refractivity contribution in [3.8, 4) is 0 Å². The van der Waals surface area contributed by atoms with Crippen molar-refractivity contribution in [2.24, 2.45) is 0 Å². The Morgan fingerprint density at radius 2 is 2.00 bits per heavy atom. The SMILES string of the molecule is CCS(=O)(=O)c1ccc(F)c(C(=O)N2CCNCC2)c1. The van der Waals surface area contributed by atoms with E-state index in [-0.39, 0.29) is 16.2 Å². The minimum Gasteiger partial charge on any atom is -0.336 e. The number of sulfone groups is 1. The molecule has 1 aromatic rings. The maximum absolute atomic E-state index is 13.8. The molecule has 0 aromatic heterocycles. The molecule has 0 unspecified atom stereocenters. The Hall–Kier alpha value is -1.47. The lowest BCUT2D eigenvalue weighted by molar-refractivity contribution is 0.0731. The van der Waals surface area contributed by atoms with Crippen molar-refractivity contribution in [1.82, 2.24) is 10.2 Å². The Morgan fingerprint density at radius 1 is 1.35 bits per heavy atom. The number of hydrogen-bond acceptors (Lipinski definition) is 4. The Bertz CT molecular complexity index is 610. The van der Waals surface area contributed by atoms with E-state index in [1.807, 2.05) is 0 Å². The second kappa shape index (κ2) is 5.88. The van der Waals surface area contributed by atoms with Gasteiger partial charge >= 0.3 is 0 Å². The van der Waals surface area contributed by atoms with E-state index in [9.17, 15) is 17.6 Å². The first kappa shape index (κ1) is 14.9. The zero-order valence-corrected chi connectivity index (χ0v) is 12.0. The number of hydrogen-bond donors (Lipinski definition) is 1. The van der Waals surface area contributed by atoms with Gasteiger partial charge in [-0.15, -0.1) is 0 Å². The molecule has 1 heterocycles. The number of nitrogens with zero attached hydrogens (tertiary/aromatic N) is 1. The zero-order chi connectivity index (χ0) is 14.8. The van der Waals surface area contributed by atoms with Gasteiger partial charge in [0.25, 0.3) is 5.91 Å². The van der Waals surface area contributed by atoms with Crippen LogP contribution < -0.4 is 5.32 Å². The van der Waals surface area contributed by atoms with Crippen LogP contribution in [0.4, 0.5) is 4.39 Å². The molecular weight excluding hydrogens is 283 g/mol. The summed E-state index contributed by atoms with van der Waals surface area (Å²) in [7, 11) is -3.45. The zero-order valence-electron chi connectivity index (χ0n) is 11.2. The maximum atomic E-state index is 13.8. The van der Waals surface area contributed by atoms with Gasteiger partial charge in [0.2, 0.25) is 0 Å². The van der Waals surface area contributed by atoms with Gasteiger partial charge < -0.3 is 10.2 Å². The van der Waals surface area contributed by atoms with Crippen LogP contribution in [-0.2, 0) is 9.84 Å². The highest BCUT2D eigenvalue weighted by molar-refractivity contribution is 7.91. The summed E-state index contributed by atoms with van der Waals surface area (Å²) in [6.45, 7) is 3.79. The van der Waals surface area contributed by atoms with Crippen LogP contribution in [0.15, 0.2) is 23.1 Å². The Kier molecular flexibility index (Phi) is 4.39. The smallest absolute Gasteiger partial charge is 0.256 e. The summed E-state index contributed by atoms with van der Waals surface area (Å²) in [6, 6.07) is 3.37. The minimum absolute atomic E-state index is 0.0140. The molecule has 0 radical (unpaired) electrons. The summed E-state index contributed by atoms with van der Waals surface area (Å²) in [6.07, 6.45) is 0.